The molecule has 0 aliphatic heterocycles. The number of nitrogens with two attached hydrogens (primary N) is 1. The Hall–Kier alpha value is -3.31. The minimum atomic E-state index is -0.874. The van der Waals surface area contributed by atoms with Gasteiger partial charge < -0.3 is 15.2 Å². The van der Waals surface area contributed by atoms with Gasteiger partial charge in [0.15, 0.2) is 12.4 Å². The number of aryl methyl sites for hydroxylation is 1. The number of anilines is 1. The fourth-order valence-corrected chi connectivity index (χ4v) is 3.96. The van der Waals surface area contributed by atoms with Crippen LogP contribution in [0.4, 0.5) is 11.5 Å². The standard InChI is InChI=1S/C18H15ClN4O6S/c1-3-28-18(25)14-8(2)13-15(20)21-12(22-16(13)30-14)7-29-17(24)10-6-9(23(26)27)4-5-11(10)19/h4-6H,3,7H2,1-2H3,(H2,20,21,22). The predicted molar refractivity (Wildman–Crippen MR) is 110 cm³/mol. The maximum Gasteiger partial charge on any atom is 0.348 e. The lowest BCUT2D eigenvalue weighted by atomic mass is 10.2. The van der Waals surface area contributed by atoms with Gasteiger partial charge >= 0.3 is 11.9 Å². The topological polar surface area (TPSA) is 148 Å². The van der Waals surface area contributed by atoms with Crippen molar-refractivity contribution in [3.63, 3.8) is 0 Å². The molecule has 0 radical (unpaired) electrons. The zero-order valence-corrected chi connectivity index (χ0v) is 17.4. The Morgan fingerprint density at radius 3 is 2.67 bits per heavy atom. The van der Waals surface area contributed by atoms with Crippen LogP contribution in [0, 0.1) is 17.0 Å². The molecule has 3 rings (SSSR count). The second-order valence-corrected chi connectivity index (χ2v) is 7.39. The molecule has 156 valence electrons. The SMILES string of the molecule is CCOC(=O)c1sc2nc(COC(=O)c3cc([N+](=O)[O-])ccc3Cl)nc(N)c2c1C. The highest BCUT2D eigenvalue weighted by Crippen LogP contribution is 2.33. The Morgan fingerprint density at radius 2 is 2.00 bits per heavy atom. The summed E-state index contributed by atoms with van der Waals surface area (Å²) in [6.07, 6.45) is 0. The van der Waals surface area contributed by atoms with E-state index in [0.717, 1.165) is 17.4 Å². The predicted octanol–water partition coefficient (Wildman–Crippen LogP) is 3.68. The van der Waals surface area contributed by atoms with E-state index in [-0.39, 0.29) is 41.1 Å². The van der Waals surface area contributed by atoms with Crippen molar-refractivity contribution < 1.29 is 24.0 Å². The molecule has 0 aliphatic rings. The van der Waals surface area contributed by atoms with Gasteiger partial charge in [-0.2, -0.15) is 0 Å². The van der Waals surface area contributed by atoms with Crippen molar-refractivity contribution in [2.24, 2.45) is 0 Å². The maximum absolute atomic E-state index is 12.3. The van der Waals surface area contributed by atoms with Crippen LogP contribution in [0.5, 0.6) is 0 Å². The number of nitro benzene ring substituents is 1. The Bertz CT molecular complexity index is 1180. The molecule has 10 nitrogen and oxygen atoms in total. The molecule has 0 atom stereocenters. The molecular formula is C18H15ClN4O6S. The number of rotatable bonds is 6. The molecule has 12 heteroatoms. The normalized spacial score (nSPS) is 10.8. The summed E-state index contributed by atoms with van der Waals surface area (Å²) in [6.45, 7) is 3.31. The fraction of sp³-hybridized carbons (Fsp3) is 0.222. The van der Waals surface area contributed by atoms with E-state index >= 15 is 0 Å². The summed E-state index contributed by atoms with van der Waals surface area (Å²) >= 11 is 7.04. The van der Waals surface area contributed by atoms with Crippen LogP contribution in [-0.2, 0) is 16.1 Å². The van der Waals surface area contributed by atoms with Gasteiger partial charge in [-0.25, -0.2) is 19.6 Å². The second kappa shape index (κ2) is 8.59. The molecule has 0 saturated carbocycles. The maximum atomic E-state index is 12.3. The highest BCUT2D eigenvalue weighted by Gasteiger charge is 2.22. The lowest BCUT2D eigenvalue weighted by Crippen LogP contribution is -2.09. The molecule has 2 heterocycles. The molecule has 0 saturated heterocycles. The summed E-state index contributed by atoms with van der Waals surface area (Å²) in [4.78, 5) is 43.9. The highest BCUT2D eigenvalue weighted by atomic mass is 35.5. The molecular weight excluding hydrogens is 436 g/mol. The van der Waals surface area contributed by atoms with Crippen molar-refractivity contribution in [1.29, 1.82) is 0 Å². The number of nitrogens with zero attached hydrogens (tertiary/aromatic N) is 3. The van der Waals surface area contributed by atoms with Crippen molar-refractivity contribution in [2.45, 2.75) is 20.5 Å². The quantitative estimate of drug-likeness (QED) is 0.337. The molecule has 0 bridgehead atoms. The molecule has 0 amide bonds. The first kappa shape index (κ1) is 21.4. The Labute approximate surface area is 178 Å². The van der Waals surface area contributed by atoms with Gasteiger partial charge in [-0.05, 0) is 25.5 Å². The zero-order chi connectivity index (χ0) is 22.0. The first-order valence-corrected chi connectivity index (χ1v) is 9.76. The minimum Gasteiger partial charge on any atom is -0.462 e. The van der Waals surface area contributed by atoms with Gasteiger partial charge in [0.05, 0.1) is 27.5 Å². The number of ether oxygens (including phenoxy) is 2. The Balaban J connectivity index is 1.85. The molecule has 30 heavy (non-hydrogen) atoms. The average molecular weight is 451 g/mol. The number of benzene rings is 1. The Morgan fingerprint density at radius 1 is 1.27 bits per heavy atom. The van der Waals surface area contributed by atoms with Crippen LogP contribution in [0.2, 0.25) is 5.02 Å². The lowest BCUT2D eigenvalue weighted by molar-refractivity contribution is -0.384. The summed E-state index contributed by atoms with van der Waals surface area (Å²) < 4.78 is 10.2. The summed E-state index contributed by atoms with van der Waals surface area (Å²) in [5, 5.41) is 11.4. The fourth-order valence-electron chi connectivity index (χ4n) is 2.66. The number of halogens is 1. The van der Waals surface area contributed by atoms with Crippen LogP contribution in [-0.4, -0.2) is 33.4 Å². The average Bonchev–Trinajstić information content (AvgIpc) is 3.03. The number of nitro groups is 1. The number of esters is 2. The Kier molecular flexibility index (Phi) is 6.13. The van der Waals surface area contributed by atoms with Crippen LogP contribution in [0.3, 0.4) is 0 Å². The van der Waals surface area contributed by atoms with Crippen LogP contribution < -0.4 is 5.73 Å². The van der Waals surface area contributed by atoms with Gasteiger partial charge in [0.2, 0.25) is 0 Å². The van der Waals surface area contributed by atoms with E-state index in [9.17, 15) is 19.7 Å². The van der Waals surface area contributed by atoms with E-state index in [1.54, 1.807) is 13.8 Å². The number of carbonyl (C=O) groups is 2. The second-order valence-electron chi connectivity index (χ2n) is 5.98. The van der Waals surface area contributed by atoms with Crippen molar-refractivity contribution in [3.05, 3.63) is 55.2 Å². The monoisotopic (exact) mass is 450 g/mol. The minimum absolute atomic E-state index is 0.00874. The van der Waals surface area contributed by atoms with E-state index in [4.69, 9.17) is 26.8 Å². The number of non-ortho nitro benzene ring substituents is 1. The van der Waals surface area contributed by atoms with E-state index in [1.807, 2.05) is 0 Å². The first-order valence-electron chi connectivity index (χ1n) is 8.56. The number of aromatic nitrogens is 2. The van der Waals surface area contributed by atoms with Crippen LogP contribution in [0.1, 0.15) is 38.3 Å². The van der Waals surface area contributed by atoms with Crippen molar-refractivity contribution >= 4 is 56.6 Å². The molecule has 0 unspecified atom stereocenters. The molecule has 2 N–H and O–H groups in total. The van der Waals surface area contributed by atoms with Crippen LogP contribution in [0.25, 0.3) is 10.2 Å². The van der Waals surface area contributed by atoms with Gasteiger partial charge in [0.1, 0.15) is 15.5 Å². The van der Waals surface area contributed by atoms with Crippen molar-refractivity contribution in [2.75, 3.05) is 12.3 Å². The zero-order valence-electron chi connectivity index (χ0n) is 15.8. The van der Waals surface area contributed by atoms with E-state index < -0.39 is 16.9 Å². The largest absolute Gasteiger partial charge is 0.462 e. The molecule has 1 aromatic carbocycles. The van der Waals surface area contributed by atoms with Gasteiger partial charge in [0, 0.05) is 12.1 Å². The summed E-state index contributed by atoms with van der Waals surface area (Å²) in [5.74, 6) is -1.12. The number of carbonyl (C=O) groups excluding carboxylic acids is 2. The number of fused-ring (bicyclic) bond motifs is 1. The summed E-state index contributed by atoms with van der Waals surface area (Å²) in [6, 6.07) is 3.44. The molecule has 0 aliphatic carbocycles. The van der Waals surface area contributed by atoms with Crippen molar-refractivity contribution in [1.82, 2.24) is 9.97 Å². The molecule has 3 aromatic rings. The van der Waals surface area contributed by atoms with Crippen molar-refractivity contribution in [3.8, 4) is 0 Å². The van der Waals surface area contributed by atoms with Gasteiger partial charge in [-0.15, -0.1) is 11.3 Å². The van der Waals surface area contributed by atoms with Gasteiger partial charge in [-0.1, -0.05) is 11.6 Å². The summed E-state index contributed by atoms with van der Waals surface area (Å²) in [7, 11) is 0. The summed E-state index contributed by atoms with van der Waals surface area (Å²) in [5.41, 5.74) is 6.16. The van der Waals surface area contributed by atoms with Crippen LogP contribution >= 0.6 is 22.9 Å². The molecule has 0 spiro atoms. The third kappa shape index (κ3) is 4.16. The highest BCUT2D eigenvalue weighted by molar-refractivity contribution is 7.20. The smallest absolute Gasteiger partial charge is 0.348 e. The van der Waals surface area contributed by atoms with Crippen LogP contribution in [0.15, 0.2) is 18.2 Å². The van der Waals surface area contributed by atoms with E-state index in [0.29, 0.717) is 20.7 Å². The third-order valence-corrected chi connectivity index (χ3v) is 5.53. The number of thiophene rings is 1. The number of nitrogen functional groups attached to an aromatic ring is 1. The van der Waals surface area contributed by atoms with E-state index in [2.05, 4.69) is 9.97 Å². The lowest BCUT2D eigenvalue weighted by Gasteiger charge is -2.07. The number of hydrogen-bond donors (Lipinski definition) is 1. The van der Waals surface area contributed by atoms with Gasteiger partial charge in [-0.3, -0.25) is 10.1 Å². The third-order valence-electron chi connectivity index (χ3n) is 4.04. The first-order chi connectivity index (χ1) is 14.2. The molecule has 0 fully saturated rings. The van der Waals surface area contributed by atoms with Gasteiger partial charge in [0.25, 0.3) is 5.69 Å². The molecule has 2 aromatic heterocycles. The van der Waals surface area contributed by atoms with E-state index in [1.165, 1.54) is 12.1 Å². The number of hydrogen-bond acceptors (Lipinski definition) is 10.